The molecule has 418 valence electrons. The fraction of sp³-hybridized carbons (Fsp3) is 0.887. The molecule has 0 aromatic heterocycles. The highest BCUT2D eigenvalue weighted by Gasteiger charge is 2.22. The maximum Gasteiger partial charge on any atom is 0.306 e. The van der Waals surface area contributed by atoms with Gasteiger partial charge in [-0.2, -0.15) is 0 Å². The third-order valence-electron chi connectivity index (χ3n) is 13.7. The number of carbonyl (C=O) groups excluding carboxylic acids is 3. The first-order chi connectivity index (χ1) is 34.6. The summed E-state index contributed by atoms with van der Waals surface area (Å²) in [5, 5.41) is 11.8. The van der Waals surface area contributed by atoms with E-state index in [-0.39, 0.29) is 32.2 Å². The number of allylic oxidation sites excluding steroid dienone is 4. The maximum absolute atomic E-state index is 12.9. The van der Waals surface area contributed by atoms with Crippen LogP contribution in [0.1, 0.15) is 296 Å². The van der Waals surface area contributed by atoms with Gasteiger partial charge in [-0.05, 0) is 64.2 Å². The van der Waals surface area contributed by atoms with E-state index >= 15 is 0 Å². The minimum Gasteiger partial charge on any atom is -0.545 e. The molecule has 0 radical (unpaired) electrons. The molecule has 0 aliphatic rings. The highest BCUT2D eigenvalue weighted by molar-refractivity contribution is 5.70. The van der Waals surface area contributed by atoms with Crippen LogP contribution < -0.4 is 5.11 Å². The molecule has 0 aliphatic heterocycles. The topological polar surface area (TPSA) is 111 Å². The summed E-state index contributed by atoms with van der Waals surface area (Å²) in [6.07, 6.45) is 60.9. The van der Waals surface area contributed by atoms with Crippen molar-refractivity contribution in [3.63, 3.8) is 0 Å². The molecule has 71 heavy (non-hydrogen) atoms. The Balaban J connectivity index is 4.13. The summed E-state index contributed by atoms with van der Waals surface area (Å²) in [4.78, 5) is 37.3. The number of ether oxygens (including phenoxy) is 4. The number of nitrogens with zero attached hydrogens (tertiary/aromatic N) is 1. The van der Waals surface area contributed by atoms with Crippen molar-refractivity contribution in [2.45, 2.75) is 309 Å². The Morgan fingerprint density at radius 3 is 1.04 bits per heavy atom. The maximum atomic E-state index is 12.9. The van der Waals surface area contributed by atoms with E-state index in [0.717, 1.165) is 38.5 Å². The lowest BCUT2D eigenvalue weighted by Crippen LogP contribution is -2.44. The van der Waals surface area contributed by atoms with Crippen molar-refractivity contribution < 1.29 is 42.9 Å². The van der Waals surface area contributed by atoms with Crippen LogP contribution in [0.4, 0.5) is 0 Å². The highest BCUT2D eigenvalue weighted by Crippen LogP contribution is 2.17. The van der Waals surface area contributed by atoms with Crippen molar-refractivity contribution in [3.05, 3.63) is 24.3 Å². The van der Waals surface area contributed by atoms with Crippen LogP contribution in [0.5, 0.6) is 0 Å². The zero-order chi connectivity index (χ0) is 52.0. The molecule has 0 heterocycles. The van der Waals surface area contributed by atoms with Gasteiger partial charge in [0.15, 0.2) is 12.4 Å². The zero-order valence-electron chi connectivity index (χ0n) is 47.6. The Morgan fingerprint density at radius 1 is 0.408 bits per heavy atom. The monoisotopic (exact) mass is 1000 g/mol. The molecule has 0 aromatic rings. The van der Waals surface area contributed by atoms with E-state index in [1.165, 1.54) is 231 Å². The number of carboxylic acids is 1. The van der Waals surface area contributed by atoms with Gasteiger partial charge in [0.1, 0.15) is 13.2 Å². The van der Waals surface area contributed by atoms with Gasteiger partial charge < -0.3 is 33.3 Å². The number of aliphatic carboxylic acids is 1. The second-order valence-electron chi connectivity index (χ2n) is 22.0. The summed E-state index contributed by atoms with van der Waals surface area (Å²) in [7, 11) is 5.93. The third kappa shape index (κ3) is 55.4. The lowest BCUT2D eigenvalue weighted by molar-refractivity contribution is -0.870. The molecule has 9 heteroatoms. The van der Waals surface area contributed by atoms with Crippen molar-refractivity contribution >= 4 is 17.9 Å². The normalized spacial score (nSPS) is 12.9. The predicted octanol–water partition coefficient (Wildman–Crippen LogP) is 16.6. The summed E-state index contributed by atoms with van der Waals surface area (Å²) in [6, 6.07) is 0. The van der Waals surface area contributed by atoms with E-state index < -0.39 is 24.3 Å². The molecule has 0 bridgehead atoms. The Kier molecular flexibility index (Phi) is 52.3. The number of unbranched alkanes of at least 4 members (excludes halogenated alkanes) is 38. The molecule has 0 saturated carbocycles. The van der Waals surface area contributed by atoms with Crippen LogP contribution in [0.15, 0.2) is 24.3 Å². The molecular formula is C62H117NO8. The number of hydrogen-bond acceptors (Lipinski definition) is 8. The zero-order valence-corrected chi connectivity index (χ0v) is 47.6. The minimum atomic E-state index is -1.62. The second kappa shape index (κ2) is 54.0. The van der Waals surface area contributed by atoms with Gasteiger partial charge in [0, 0.05) is 12.8 Å². The molecule has 9 nitrogen and oxygen atoms in total. The molecule has 2 unspecified atom stereocenters. The van der Waals surface area contributed by atoms with E-state index in [0.29, 0.717) is 17.4 Å². The summed E-state index contributed by atoms with van der Waals surface area (Å²) in [5.41, 5.74) is 0. The molecule has 0 aromatic carbocycles. The fourth-order valence-electron chi connectivity index (χ4n) is 8.94. The van der Waals surface area contributed by atoms with Crippen LogP contribution in [-0.4, -0.2) is 82.3 Å². The lowest BCUT2D eigenvalue weighted by Gasteiger charge is -2.26. The number of quaternary nitrogens is 1. The Hall–Kier alpha value is -2.23. The predicted molar refractivity (Wildman–Crippen MR) is 297 cm³/mol. The fourth-order valence-corrected chi connectivity index (χ4v) is 8.94. The van der Waals surface area contributed by atoms with Gasteiger partial charge in [0.05, 0.1) is 40.3 Å². The lowest BCUT2D eigenvalue weighted by atomic mass is 10.0. The number of rotatable bonds is 57. The summed E-state index contributed by atoms with van der Waals surface area (Å²) in [6.45, 7) is 4.78. The van der Waals surface area contributed by atoms with Crippen molar-refractivity contribution in [1.82, 2.24) is 0 Å². The average Bonchev–Trinajstić information content (AvgIpc) is 3.34. The van der Waals surface area contributed by atoms with Crippen LogP contribution in [-0.2, 0) is 33.3 Å². The summed E-state index contributed by atoms with van der Waals surface area (Å²) < 4.78 is 22.7. The molecule has 0 N–H and O–H groups in total. The Labute approximate surface area is 439 Å². The number of carboxylic acid groups (broad SMARTS) is 1. The molecule has 2 atom stereocenters. The molecule has 0 spiro atoms. The molecule has 0 amide bonds. The minimum absolute atomic E-state index is 0.150. The van der Waals surface area contributed by atoms with Crippen molar-refractivity contribution in [1.29, 1.82) is 0 Å². The van der Waals surface area contributed by atoms with E-state index in [1.54, 1.807) is 0 Å². The smallest absolute Gasteiger partial charge is 0.306 e. The Morgan fingerprint density at radius 2 is 0.718 bits per heavy atom. The number of carbonyl (C=O) groups is 3. The van der Waals surface area contributed by atoms with Gasteiger partial charge in [-0.25, -0.2) is 0 Å². The summed E-state index contributed by atoms with van der Waals surface area (Å²) >= 11 is 0. The van der Waals surface area contributed by atoms with Crippen molar-refractivity contribution in [2.75, 3.05) is 47.5 Å². The van der Waals surface area contributed by atoms with Gasteiger partial charge in [-0.15, -0.1) is 0 Å². The van der Waals surface area contributed by atoms with Gasteiger partial charge in [0.2, 0.25) is 0 Å². The van der Waals surface area contributed by atoms with Crippen LogP contribution >= 0.6 is 0 Å². The van der Waals surface area contributed by atoms with Crippen LogP contribution in [0.3, 0.4) is 0 Å². The first-order valence-corrected chi connectivity index (χ1v) is 30.5. The molecular weight excluding hydrogens is 887 g/mol. The quantitative estimate of drug-likeness (QED) is 0.0195. The number of hydrogen-bond donors (Lipinski definition) is 0. The van der Waals surface area contributed by atoms with Crippen molar-refractivity contribution in [2.24, 2.45) is 0 Å². The van der Waals surface area contributed by atoms with Crippen molar-refractivity contribution in [3.8, 4) is 0 Å². The third-order valence-corrected chi connectivity index (χ3v) is 13.7. The van der Waals surface area contributed by atoms with Crippen LogP contribution in [0, 0.1) is 0 Å². The largest absolute Gasteiger partial charge is 0.545 e. The first-order valence-electron chi connectivity index (χ1n) is 30.5. The number of esters is 2. The first kappa shape index (κ1) is 68.8. The van der Waals surface area contributed by atoms with Crippen LogP contribution in [0.25, 0.3) is 0 Å². The standard InChI is InChI=1S/C62H117NO8/c1-6-8-10-12-14-16-18-20-22-24-25-26-27-28-29-30-31-32-33-34-35-37-39-41-43-45-47-49-51-53-60(65)71-58(57-70-62(61(66)67)68-55-54-63(3,4)5)56-69-59(64)52-50-48-46-44-42-40-38-36-23-21-19-17-15-13-11-9-7-2/h21,23-25,58,62H,6-20,22,26-57H2,1-5H3/b23-21-,25-24-. The van der Waals surface area contributed by atoms with Gasteiger partial charge in [-0.3, -0.25) is 9.59 Å². The highest BCUT2D eigenvalue weighted by atomic mass is 16.7. The molecule has 0 rings (SSSR count). The van der Waals surface area contributed by atoms with E-state index in [9.17, 15) is 19.5 Å². The van der Waals surface area contributed by atoms with Gasteiger partial charge in [0.25, 0.3) is 0 Å². The van der Waals surface area contributed by atoms with Gasteiger partial charge in [-0.1, -0.05) is 244 Å². The van der Waals surface area contributed by atoms with Gasteiger partial charge >= 0.3 is 11.9 Å². The molecule has 0 saturated heterocycles. The summed E-state index contributed by atoms with van der Waals surface area (Å²) in [5.74, 6) is -2.27. The van der Waals surface area contributed by atoms with E-state index in [4.69, 9.17) is 18.9 Å². The van der Waals surface area contributed by atoms with Crippen LogP contribution in [0.2, 0.25) is 0 Å². The second-order valence-corrected chi connectivity index (χ2v) is 22.0. The van der Waals surface area contributed by atoms with E-state index in [2.05, 4.69) is 38.2 Å². The average molecular weight is 1000 g/mol. The van der Waals surface area contributed by atoms with E-state index in [1.807, 2.05) is 21.1 Å². The molecule has 0 aliphatic carbocycles. The Bertz CT molecular complexity index is 1210. The SMILES string of the molecule is CCCCCCCC/C=C\CCCCCCCCCC(=O)OCC(COC(OCC[N+](C)(C)C)C(=O)[O-])OC(=O)CCCCCCCCCCCCCCCCCCC/C=C\CCCCCCCCCC. The molecule has 0 fully saturated rings. The number of likely N-dealkylation sites (N-methyl/N-ethyl adjacent to an activating group) is 1.